The first-order valence-corrected chi connectivity index (χ1v) is 8.31. The molecule has 17 heavy (non-hydrogen) atoms. The third kappa shape index (κ3) is 5.28. The second-order valence-corrected chi connectivity index (χ2v) is 8.24. The molecule has 0 aliphatic carbocycles. The minimum Gasteiger partial charge on any atom is -0.396 e. The van der Waals surface area contributed by atoms with Crippen molar-refractivity contribution in [2.45, 2.75) is 31.7 Å². The smallest absolute Gasteiger partial charge is 0.337 e. The van der Waals surface area contributed by atoms with E-state index >= 15 is 0 Å². The maximum atomic E-state index is 8.92. The van der Waals surface area contributed by atoms with Crippen molar-refractivity contribution in [3.63, 3.8) is 0 Å². The Morgan fingerprint density at radius 3 is 2.53 bits per heavy atom. The fraction of sp³-hybridized carbons (Fsp3) is 1.00. The molecule has 1 N–H and O–H groups in total. The summed E-state index contributed by atoms with van der Waals surface area (Å²) in [7, 11) is -1.71. The molecule has 3 atom stereocenters. The van der Waals surface area contributed by atoms with E-state index in [0.717, 1.165) is 13.2 Å². The molecular weight excluding hydrogens is 256 g/mol. The Labute approximate surface area is 111 Å². The minimum absolute atomic E-state index is 0.00240. The third-order valence-corrected chi connectivity index (χ3v) is 6.10. The van der Waals surface area contributed by atoms with E-state index in [0.29, 0.717) is 12.5 Å². The number of aliphatic hydroxyl groups excluding tert-OH is 1. The van der Waals surface area contributed by atoms with Crippen LogP contribution in [-0.2, 0) is 13.6 Å². The number of thiol groups is 1. The molecule has 1 saturated heterocycles. The summed E-state index contributed by atoms with van der Waals surface area (Å²) < 4.78 is 17.1. The van der Waals surface area contributed by atoms with E-state index in [-0.39, 0.29) is 23.5 Å². The van der Waals surface area contributed by atoms with Crippen LogP contribution >= 0.6 is 12.6 Å². The first-order chi connectivity index (χ1) is 8.04. The molecule has 1 aliphatic rings. The largest absolute Gasteiger partial charge is 0.396 e. The number of rotatable bonds is 6. The van der Waals surface area contributed by atoms with E-state index in [9.17, 15) is 0 Å². The lowest BCUT2D eigenvalue weighted by molar-refractivity contribution is 0.0238. The van der Waals surface area contributed by atoms with Crippen LogP contribution in [0.25, 0.3) is 0 Å². The second-order valence-electron chi connectivity index (χ2n) is 4.96. The Morgan fingerprint density at radius 1 is 1.41 bits per heavy atom. The van der Waals surface area contributed by atoms with Gasteiger partial charge in [0.05, 0.1) is 17.6 Å². The van der Waals surface area contributed by atoms with Crippen molar-refractivity contribution in [1.29, 1.82) is 0 Å². The predicted octanol–water partition coefficient (Wildman–Crippen LogP) is 0.761. The van der Waals surface area contributed by atoms with E-state index in [4.69, 9.17) is 18.7 Å². The quantitative estimate of drug-likeness (QED) is 0.557. The molecule has 0 aromatic carbocycles. The molecule has 6 heteroatoms. The Bertz CT molecular complexity index is 212. The molecular formula is C11H24O4SSi. The summed E-state index contributed by atoms with van der Waals surface area (Å²) in [5.41, 5.74) is 0. The van der Waals surface area contributed by atoms with Crippen LogP contribution < -0.4 is 0 Å². The van der Waals surface area contributed by atoms with Gasteiger partial charge >= 0.3 is 9.28 Å². The van der Waals surface area contributed by atoms with Crippen molar-refractivity contribution in [1.82, 2.24) is 0 Å². The summed E-state index contributed by atoms with van der Waals surface area (Å²) >= 11 is 4.55. The van der Waals surface area contributed by atoms with Crippen LogP contribution in [0.1, 0.15) is 20.8 Å². The topological polar surface area (TPSA) is 47.9 Å². The van der Waals surface area contributed by atoms with Gasteiger partial charge in [-0.2, -0.15) is 12.6 Å². The number of ether oxygens (including phenoxy) is 1. The van der Waals surface area contributed by atoms with Gasteiger partial charge in [0.1, 0.15) is 0 Å². The summed E-state index contributed by atoms with van der Waals surface area (Å²) in [5, 5.41) is 8.92. The van der Waals surface area contributed by atoms with Crippen molar-refractivity contribution < 1.29 is 18.7 Å². The zero-order chi connectivity index (χ0) is 12.8. The first kappa shape index (κ1) is 15.5. The average molecular weight is 280 g/mol. The van der Waals surface area contributed by atoms with Crippen molar-refractivity contribution >= 4 is 21.9 Å². The van der Waals surface area contributed by atoms with Crippen molar-refractivity contribution in [2.24, 2.45) is 11.8 Å². The standard InChI is InChI=1S/C11H24O4SSi/c1-8(4-12)5-13-10(3)11(16)17-14-6-9(2)7-15-17/h8-12,16-17H,4-7H2,1-3H3. The molecule has 1 rings (SSSR count). The van der Waals surface area contributed by atoms with Gasteiger partial charge in [-0.05, 0) is 6.92 Å². The van der Waals surface area contributed by atoms with Gasteiger partial charge in [0, 0.05) is 31.7 Å². The van der Waals surface area contributed by atoms with Crippen molar-refractivity contribution in [2.75, 3.05) is 26.4 Å². The van der Waals surface area contributed by atoms with Gasteiger partial charge in [0.2, 0.25) is 0 Å². The Hall–Kier alpha value is 0.407. The normalized spacial score (nSPS) is 30.9. The summed E-state index contributed by atoms with van der Waals surface area (Å²) in [5.74, 6) is 0.637. The fourth-order valence-electron chi connectivity index (χ4n) is 1.50. The molecule has 0 saturated carbocycles. The molecule has 0 bridgehead atoms. The lowest BCUT2D eigenvalue weighted by Crippen LogP contribution is -2.46. The number of aliphatic hydroxyl groups is 1. The highest BCUT2D eigenvalue weighted by molar-refractivity contribution is 7.82. The highest BCUT2D eigenvalue weighted by atomic mass is 32.1. The van der Waals surface area contributed by atoms with E-state index in [1.165, 1.54) is 0 Å². The maximum Gasteiger partial charge on any atom is 0.337 e. The molecule has 3 unspecified atom stereocenters. The molecule has 4 nitrogen and oxygen atoms in total. The van der Waals surface area contributed by atoms with Gasteiger partial charge in [0.15, 0.2) is 0 Å². The number of hydrogen-bond donors (Lipinski definition) is 2. The Balaban J connectivity index is 2.28. The van der Waals surface area contributed by atoms with Gasteiger partial charge in [0.25, 0.3) is 0 Å². The minimum atomic E-state index is -1.71. The second kappa shape index (κ2) is 7.76. The molecule has 102 valence electrons. The highest BCUT2D eigenvalue weighted by Gasteiger charge is 2.32. The lowest BCUT2D eigenvalue weighted by Gasteiger charge is -2.32. The lowest BCUT2D eigenvalue weighted by atomic mass is 10.2. The summed E-state index contributed by atoms with van der Waals surface area (Å²) in [4.78, 5) is 0.0355. The van der Waals surface area contributed by atoms with Crippen LogP contribution in [0.15, 0.2) is 0 Å². The Morgan fingerprint density at radius 2 is 2.00 bits per heavy atom. The van der Waals surface area contributed by atoms with Crippen LogP contribution in [0.2, 0.25) is 0 Å². The van der Waals surface area contributed by atoms with E-state index in [1.54, 1.807) is 0 Å². The summed E-state index contributed by atoms with van der Waals surface area (Å²) in [6.07, 6.45) is -0.00240. The monoisotopic (exact) mass is 280 g/mol. The molecule has 0 radical (unpaired) electrons. The predicted molar refractivity (Wildman–Crippen MR) is 72.7 cm³/mol. The maximum absolute atomic E-state index is 8.92. The molecule has 0 amide bonds. The average Bonchev–Trinajstić information content (AvgIpc) is 2.35. The summed E-state index contributed by atoms with van der Waals surface area (Å²) in [6.45, 7) is 8.29. The van der Waals surface area contributed by atoms with E-state index in [1.807, 2.05) is 13.8 Å². The van der Waals surface area contributed by atoms with E-state index < -0.39 is 9.28 Å². The first-order valence-electron chi connectivity index (χ1n) is 6.18. The molecule has 0 aromatic rings. The van der Waals surface area contributed by atoms with Gasteiger partial charge < -0.3 is 18.7 Å². The molecule has 0 aromatic heterocycles. The van der Waals surface area contributed by atoms with Crippen LogP contribution in [0.4, 0.5) is 0 Å². The molecule has 1 fully saturated rings. The van der Waals surface area contributed by atoms with Crippen LogP contribution in [0, 0.1) is 11.8 Å². The van der Waals surface area contributed by atoms with Crippen molar-refractivity contribution in [3.05, 3.63) is 0 Å². The zero-order valence-corrected chi connectivity index (χ0v) is 12.9. The zero-order valence-electron chi connectivity index (χ0n) is 10.8. The SMILES string of the molecule is CC(CO)COC(C)C(S)[SiH]1OCC(C)CO1. The third-order valence-electron chi connectivity index (χ3n) is 2.81. The Kier molecular flexibility index (Phi) is 7.06. The molecule has 1 heterocycles. The van der Waals surface area contributed by atoms with Gasteiger partial charge in [-0.25, -0.2) is 0 Å². The fourth-order valence-corrected chi connectivity index (χ4v) is 4.18. The van der Waals surface area contributed by atoms with Crippen LogP contribution in [0.5, 0.6) is 0 Å². The summed E-state index contributed by atoms with van der Waals surface area (Å²) in [6, 6.07) is 0. The van der Waals surface area contributed by atoms with Crippen molar-refractivity contribution in [3.8, 4) is 0 Å². The van der Waals surface area contributed by atoms with Gasteiger partial charge in [-0.1, -0.05) is 13.8 Å². The molecule has 1 aliphatic heterocycles. The highest BCUT2D eigenvalue weighted by Crippen LogP contribution is 2.18. The number of hydrogen-bond acceptors (Lipinski definition) is 5. The molecule has 0 spiro atoms. The van der Waals surface area contributed by atoms with Gasteiger partial charge in [-0.15, -0.1) is 0 Å². The van der Waals surface area contributed by atoms with Gasteiger partial charge in [-0.3, -0.25) is 0 Å². The van der Waals surface area contributed by atoms with Crippen LogP contribution in [-0.4, -0.2) is 51.8 Å². The van der Waals surface area contributed by atoms with E-state index in [2.05, 4.69) is 19.6 Å². The van der Waals surface area contributed by atoms with Crippen LogP contribution in [0.3, 0.4) is 0 Å².